The number of hydrogen-bond donors (Lipinski definition) is 1. The molecule has 1 aromatic carbocycles. The lowest BCUT2D eigenvalue weighted by molar-refractivity contribution is 0.106. The molecule has 2 saturated heterocycles. The second-order valence-electron chi connectivity index (χ2n) is 7.37. The van der Waals surface area contributed by atoms with Crippen LogP contribution in [0.4, 0.5) is 4.39 Å². The van der Waals surface area contributed by atoms with Gasteiger partial charge in [-0.1, -0.05) is 24.6 Å². The Labute approximate surface area is 155 Å². The van der Waals surface area contributed by atoms with Gasteiger partial charge < -0.3 is 14.9 Å². The van der Waals surface area contributed by atoms with Crippen LogP contribution in [-0.2, 0) is 6.54 Å². The number of aliphatic hydroxyl groups excluding tert-OH is 1. The Kier molecular flexibility index (Phi) is 6.69. The number of benzene rings is 1. The van der Waals surface area contributed by atoms with Gasteiger partial charge in [-0.15, -0.1) is 0 Å². The zero-order chi connectivity index (χ0) is 17.8. The quantitative estimate of drug-likeness (QED) is 0.832. The molecule has 0 spiro atoms. The lowest BCUT2D eigenvalue weighted by Crippen LogP contribution is -2.48. The van der Waals surface area contributed by atoms with Crippen molar-refractivity contribution in [2.75, 3.05) is 59.0 Å². The number of hydrogen-bond acceptors (Lipinski definition) is 4. The van der Waals surface area contributed by atoms with Gasteiger partial charge in [0.05, 0.1) is 0 Å². The molecule has 0 radical (unpaired) electrons. The topological polar surface area (TPSA) is 30.0 Å². The van der Waals surface area contributed by atoms with Crippen LogP contribution in [0.5, 0.6) is 0 Å². The first kappa shape index (κ1) is 19.1. The van der Waals surface area contributed by atoms with Crippen LogP contribution in [0, 0.1) is 17.7 Å². The average Bonchev–Trinajstić information content (AvgIpc) is 2.99. The summed E-state index contributed by atoms with van der Waals surface area (Å²) in [6, 6.07) is 4.61. The van der Waals surface area contributed by atoms with E-state index < -0.39 is 0 Å². The first-order valence-corrected chi connectivity index (χ1v) is 9.68. The van der Waals surface area contributed by atoms with E-state index in [1.807, 2.05) is 0 Å². The van der Waals surface area contributed by atoms with Crippen LogP contribution in [0.1, 0.15) is 12.5 Å². The number of nitrogens with zero attached hydrogens (tertiary/aromatic N) is 3. The zero-order valence-corrected chi connectivity index (χ0v) is 15.8. The largest absolute Gasteiger partial charge is 0.396 e. The molecule has 2 aliphatic heterocycles. The first-order valence-electron chi connectivity index (χ1n) is 9.31. The Morgan fingerprint density at radius 2 is 1.76 bits per heavy atom. The molecule has 0 aliphatic carbocycles. The highest BCUT2D eigenvalue weighted by Gasteiger charge is 2.34. The van der Waals surface area contributed by atoms with Gasteiger partial charge in [-0.2, -0.15) is 0 Å². The summed E-state index contributed by atoms with van der Waals surface area (Å²) in [7, 11) is 0. The SMILES string of the molecule is CCN1CCN(CC2CN(Cc3ccc(F)cc3Cl)CC2CO)CC1. The van der Waals surface area contributed by atoms with Crippen molar-refractivity contribution >= 4 is 11.6 Å². The third-order valence-corrected chi connectivity index (χ3v) is 6.05. The van der Waals surface area contributed by atoms with Crippen molar-refractivity contribution in [3.05, 3.63) is 34.6 Å². The maximum atomic E-state index is 13.2. The van der Waals surface area contributed by atoms with E-state index >= 15 is 0 Å². The highest BCUT2D eigenvalue weighted by molar-refractivity contribution is 6.31. The minimum atomic E-state index is -0.299. The van der Waals surface area contributed by atoms with Gasteiger partial charge >= 0.3 is 0 Å². The van der Waals surface area contributed by atoms with Gasteiger partial charge in [0.1, 0.15) is 5.82 Å². The summed E-state index contributed by atoms with van der Waals surface area (Å²) in [5, 5.41) is 10.3. The van der Waals surface area contributed by atoms with E-state index in [1.165, 1.54) is 12.1 Å². The fourth-order valence-corrected chi connectivity index (χ4v) is 4.32. The molecule has 2 fully saturated rings. The maximum Gasteiger partial charge on any atom is 0.124 e. The summed E-state index contributed by atoms with van der Waals surface area (Å²) in [4.78, 5) is 7.36. The summed E-state index contributed by atoms with van der Waals surface area (Å²) in [6.07, 6.45) is 0. The summed E-state index contributed by atoms with van der Waals surface area (Å²) in [5.74, 6) is 0.494. The van der Waals surface area contributed by atoms with E-state index in [2.05, 4.69) is 21.6 Å². The number of likely N-dealkylation sites (tertiary alicyclic amines) is 1. The smallest absolute Gasteiger partial charge is 0.124 e. The van der Waals surface area contributed by atoms with Crippen molar-refractivity contribution in [1.29, 1.82) is 0 Å². The highest BCUT2D eigenvalue weighted by atomic mass is 35.5. The molecule has 1 N–H and O–H groups in total. The van der Waals surface area contributed by atoms with E-state index in [0.29, 0.717) is 16.9 Å². The molecule has 4 nitrogen and oxygen atoms in total. The Morgan fingerprint density at radius 3 is 2.40 bits per heavy atom. The maximum absolute atomic E-state index is 13.2. The van der Waals surface area contributed by atoms with Crippen molar-refractivity contribution in [3.63, 3.8) is 0 Å². The van der Waals surface area contributed by atoms with Gasteiger partial charge in [-0.25, -0.2) is 4.39 Å². The van der Waals surface area contributed by atoms with E-state index in [4.69, 9.17) is 11.6 Å². The summed E-state index contributed by atoms with van der Waals surface area (Å²) in [5.41, 5.74) is 0.956. The second-order valence-corrected chi connectivity index (χ2v) is 7.77. The molecule has 0 amide bonds. The van der Waals surface area contributed by atoms with E-state index in [0.717, 1.165) is 64.5 Å². The zero-order valence-electron chi connectivity index (χ0n) is 15.0. The van der Waals surface area contributed by atoms with Crippen molar-refractivity contribution in [1.82, 2.24) is 14.7 Å². The summed E-state index contributed by atoms with van der Waals surface area (Å²) >= 11 is 6.17. The fourth-order valence-electron chi connectivity index (χ4n) is 4.09. The normalized spacial score (nSPS) is 26.4. The molecule has 2 atom stereocenters. The van der Waals surface area contributed by atoms with Crippen molar-refractivity contribution in [2.45, 2.75) is 13.5 Å². The predicted molar refractivity (Wildman–Crippen MR) is 99.3 cm³/mol. The lowest BCUT2D eigenvalue weighted by Gasteiger charge is -2.36. The van der Waals surface area contributed by atoms with Gasteiger partial charge in [-0.3, -0.25) is 4.90 Å². The molecule has 2 unspecified atom stereocenters. The molecule has 0 aromatic heterocycles. The Hall–Kier alpha value is -0.720. The minimum Gasteiger partial charge on any atom is -0.396 e. The van der Waals surface area contributed by atoms with Gasteiger partial charge in [0.15, 0.2) is 0 Å². The fraction of sp³-hybridized carbons (Fsp3) is 0.684. The molecule has 140 valence electrons. The van der Waals surface area contributed by atoms with Crippen LogP contribution >= 0.6 is 11.6 Å². The van der Waals surface area contributed by atoms with Gasteiger partial charge in [0, 0.05) is 64.0 Å². The third kappa shape index (κ3) is 4.92. The third-order valence-electron chi connectivity index (χ3n) is 5.70. The van der Waals surface area contributed by atoms with E-state index in [1.54, 1.807) is 6.07 Å². The Balaban J connectivity index is 1.55. The van der Waals surface area contributed by atoms with Crippen molar-refractivity contribution < 1.29 is 9.50 Å². The van der Waals surface area contributed by atoms with Crippen LogP contribution < -0.4 is 0 Å². The molecule has 6 heteroatoms. The predicted octanol–water partition coefficient (Wildman–Crippen LogP) is 2.16. The monoisotopic (exact) mass is 369 g/mol. The lowest BCUT2D eigenvalue weighted by atomic mass is 9.96. The first-order chi connectivity index (χ1) is 12.1. The molecule has 2 aliphatic rings. The molecule has 25 heavy (non-hydrogen) atoms. The summed E-state index contributed by atoms with van der Waals surface area (Å²) < 4.78 is 13.2. The van der Waals surface area contributed by atoms with Gasteiger partial charge in [0.25, 0.3) is 0 Å². The van der Waals surface area contributed by atoms with Crippen molar-refractivity contribution in [2.24, 2.45) is 11.8 Å². The van der Waals surface area contributed by atoms with Crippen LogP contribution in [-0.4, -0.2) is 78.8 Å². The molecule has 0 bridgehead atoms. The number of piperazine rings is 1. The molecular weight excluding hydrogens is 341 g/mol. The van der Waals surface area contributed by atoms with E-state index in [-0.39, 0.29) is 12.4 Å². The van der Waals surface area contributed by atoms with Crippen LogP contribution in [0.25, 0.3) is 0 Å². The van der Waals surface area contributed by atoms with Crippen molar-refractivity contribution in [3.8, 4) is 0 Å². The van der Waals surface area contributed by atoms with Gasteiger partial charge in [0.2, 0.25) is 0 Å². The average molecular weight is 370 g/mol. The number of aliphatic hydroxyl groups is 1. The van der Waals surface area contributed by atoms with E-state index in [9.17, 15) is 9.50 Å². The molecule has 2 heterocycles. The van der Waals surface area contributed by atoms with Gasteiger partial charge in [-0.05, 0) is 36.1 Å². The van der Waals surface area contributed by atoms with Crippen LogP contribution in [0.2, 0.25) is 5.02 Å². The summed E-state index contributed by atoms with van der Waals surface area (Å²) in [6.45, 7) is 11.7. The minimum absolute atomic E-state index is 0.229. The molecule has 0 saturated carbocycles. The Bertz CT molecular complexity index is 566. The second kappa shape index (κ2) is 8.78. The Morgan fingerprint density at radius 1 is 1.08 bits per heavy atom. The molecule has 1 aromatic rings. The molecule has 3 rings (SSSR count). The standard InChI is InChI=1S/C19H29ClFN3O/c1-2-22-5-7-23(8-6-22)11-16-12-24(13-17(16)14-25)10-15-3-4-18(21)9-19(15)20/h3-4,9,16-17,25H,2,5-8,10-14H2,1H3. The number of halogens is 2. The van der Waals surface area contributed by atoms with Crippen LogP contribution in [0.15, 0.2) is 18.2 Å². The van der Waals surface area contributed by atoms with Crippen LogP contribution in [0.3, 0.4) is 0 Å². The number of likely N-dealkylation sites (N-methyl/N-ethyl adjacent to an activating group) is 1. The highest BCUT2D eigenvalue weighted by Crippen LogP contribution is 2.28. The molecular formula is C19H29ClFN3O. The number of rotatable bonds is 6.